The van der Waals surface area contributed by atoms with Crippen LogP contribution in [0.4, 0.5) is 0 Å². The van der Waals surface area contributed by atoms with Gasteiger partial charge < -0.3 is 0 Å². The number of halogens is 2. The predicted octanol–water partition coefficient (Wildman–Crippen LogP) is 6.49. The van der Waals surface area contributed by atoms with Crippen LogP contribution in [0.2, 0.25) is 10.0 Å². The van der Waals surface area contributed by atoms with Gasteiger partial charge in [0.2, 0.25) is 0 Å². The van der Waals surface area contributed by atoms with Gasteiger partial charge in [-0.05, 0) is 45.0 Å². The highest BCUT2D eigenvalue weighted by Crippen LogP contribution is 2.28. The maximum absolute atomic E-state index is 12.5. The van der Waals surface area contributed by atoms with Crippen LogP contribution in [0.15, 0.2) is 77.0 Å². The van der Waals surface area contributed by atoms with Gasteiger partial charge in [0.1, 0.15) is 0 Å². The zero-order chi connectivity index (χ0) is 24.9. The molecule has 4 aromatic rings. The minimum atomic E-state index is -0.269. The van der Waals surface area contributed by atoms with E-state index in [1.807, 2.05) is 66.9 Å². The Bertz CT molecular complexity index is 1380. The molecule has 0 aliphatic rings. The number of hydrogen-bond donors (Lipinski definition) is 1. The molecule has 1 heterocycles. The fourth-order valence-corrected chi connectivity index (χ4v) is 4.62. The number of aromatic nitrogens is 3. The molecule has 0 unspecified atom stereocenters. The molecular formula is C26H23Cl2N5OS. The quantitative estimate of drug-likeness (QED) is 0.170. The normalized spacial score (nSPS) is 11.5. The molecule has 3 aromatic carbocycles. The number of hydrazone groups is 1. The third-order valence-electron chi connectivity index (χ3n) is 5.24. The second kappa shape index (κ2) is 11.1. The molecule has 0 atom stereocenters. The van der Waals surface area contributed by atoms with Gasteiger partial charge in [-0.1, -0.05) is 88.6 Å². The molecule has 0 aliphatic carbocycles. The number of carbonyl (C=O) groups excluding carboxylic acids is 1. The molecular weight excluding hydrogens is 501 g/mol. The largest absolute Gasteiger partial charge is 0.272 e. The zero-order valence-corrected chi connectivity index (χ0v) is 21.7. The van der Waals surface area contributed by atoms with Gasteiger partial charge in [-0.15, -0.1) is 10.2 Å². The molecule has 35 heavy (non-hydrogen) atoms. The average molecular weight is 524 g/mol. The Balaban J connectivity index is 1.53. The van der Waals surface area contributed by atoms with E-state index in [9.17, 15) is 4.79 Å². The molecule has 0 aliphatic heterocycles. The average Bonchev–Trinajstić information content (AvgIpc) is 3.26. The number of aryl methyl sites for hydroxylation is 2. The first-order valence-electron chi connectivity index (χ1n) is 10.8. The number of benzene rings is 3. The van der Waals surface area contributed by atoms with Crippen LogP contribution in [0, 0.1) is 13.8 Å². The van der Waals surface area contributed by atoms with Gasteiger partial charge >= 0.3 is 0 Å². The lowest BCUT2D eigenvalue weighted by molar-refractivity contribution is -0.118. The monoisotopic (exact) mass is 523 g/mol. The van der Waals surface area contributed by atoms with E-state index in [2.05, 4.69) is 20.7 Å². The summed E-state index contributed by atoms with van der Waals surface area (Å²) in [4.78, 5) is 12.5. The number of amides is 1. The second-order valence-corrected chi connectivity index (χ2v) is 9.77. The van der Waals surface area contributed by atoms with Crippen LogP contribution in [0.3, 0.4) is 0 Å². The van der Waals surface area contributed by atoms with Crippen molar-refractivity contribution in [2.45, 2.75) is 25.9 Å². The molecule has 0 radical (unpaired) electrons. The Kier molecular flexibility index (Phi) is 7.90. The van der Waals surface area contributed by atoms with Crippen LogP contribution in [-0.2, 0) is 4.79 Å². The van der Waals surface area contributed by atoms with E-state index in [0.717, 1.165) is 22.4 Å². The Morgan fingerprint density at radius 1 is 0.971 bits per heavy atom. The van der Waals surface area contributed by atoms with Crippen LogP contribution in [-0.4, -0.2) is 32.1 Å². The molecule has 6 nitrogen and oxygen atoms in total. The van der Waals surface area contributed by atoms with Gasteiger partial charge in [-0.3, -0.25) is 9.36 Å². The van der Waals surface area contributed by atoms with Gasteiger partial charge in [-0.25, -0.2) is 5.43 Å². The number of nitrogens with zero attached hydrogens (tertiary/aromatic N) is 4. The topological polar surface area (TPSA) is 72.2 Å². The van der Waals surface area contributed by atoms with E-state index in [4.69, 9.17) is 23.2 Å². The molecule has 0 bridgehead atoms. The first-order valence-corrected chi connectivity index (χ1v) is 12.6. The third-order valence-corrected chi connectivity index (χ3v) is 6.71. The van der Waals surface area contributed by atoms with Crippen LogP contribution in [0.5, 0.6) is 0 Å². The number of hydrogen-bond acceptors (Lipinski definition) is 5. The zero-order valence-electron chi connectivity index (χ0n) is 19.4. The summed E-state index contributed by atoms with van der Waals surface area (Å²) in [6.45, 7) is 5.85. The van der Waals surface area contributed by atoms with E-state index in [1.54, 1.807) is 25.1 Å². The van der Waals surface area contributed by atoms with Crippen molar-refractivity contribution in [3.63, 3.8) is 0 Å². The maximum Gasteiger partial charge on any atom is 0.250 e. The predicted molar refractivity (Wildman–Crippen MR) is 144 cm³/mol. The lowest BCUT2D eigenvalue weighted by atomic mass is 10.1. The third kappa shape index (κ3) is 6.11. The maximum atomic E-state index is 12.5. The summed E-state index contributed by atoms with van der Waals surface area (Å²) in [5, 5.41) is 14.6. The van der Waals surface area contributed by atoms with Crippen molar-refractivity contribution in [3.05, 3.63) is 93.5 Å². The molecule has 0 fully saturated rings. The summed E-state index contributed by atoms with van der Waals surface area (Å²) in [6, 6.07) is 21.4. The first kappa shape index (κ1) is 25.0. The summed E-state index contributed by atoms with van der Waals surface area (Å²) in [5.74, 6) is 0.557. The summed E-state index contributed by atoms with van der Waals surface area (Å²) in [5.41, 5.74) is 8.05. The van der Waals surface area contributed by atoms with Gasteiger partial charge in [0.25, 0.3) is 5.91 Å². The highest BCUT2D eigenvalue weighted by atomic mass is 35.5. The minimum Gasteiger partial charge on any atom is -0.272 e. The molecule has 178 valence electrons. The summed E-state index contributed by atoms with van der Waals surface area (Å²) >= 11 is 13.5. The summed E-state index contributed by atoms with van der Waals surface area (Å²) in [7, 11) is 0. The van der Waals surface area contributed by atoms with Crippen LogP contribution in [0.1, 0.15) is 23.6 Å². The first-order chi connectivity index (χ1) is 16.8. The molecule has 1 amide bonds. The Morgan fingerprint density at radius 2 is 1.63 bits per heavy atom. The highest BCUT2D eigenvalue weighted by Gasteiger charge is 2.17. The Labute approximate surface area is 218 Å². The van der Waals surface area contributed by atoms with Crippen molar-refractivity contribution in [1.82, 2.24) is 20.2 Å². The SMILES string of the molecule is C/C(=N\NC(=O)CSc1nnc(-c2ccc(C)cc2)n1-c1ccc(C)cc1)c1ccc(Cl)cc1Cl. The standard InChI is InChI=1S/C26H23Cl2N5OS/c1-16-4-8-19(9-5-16)25-31-32-26(33(25)21-11-6-17(2)7-12-21)35-15-24(34)30-29-18(3)22-13-10-20(27)14-23(22)28/h4-14H,15H2,1-3H3,(H,30,34)/b29-18+. The number of nitrogens with one attached hydrogen (secondary N) is 1. The number of thioether (sulfide) groups is 1. The van der Waals surface area contributed by atoms with Gasteiger partial charge in [-0.2, -0.15) is 5.10 Å². The van der Waals surface area contributed by atoms with Crippen LogP contribution < -0.4 is 5.43 Å². The Morgan fingerprint density at radius 3 is 2.29 bits per heavy atom. The number of carbonyl (C=O) groups is 1. The van der Waals surface area contributed by atoms with Crippen molar-refractivity contribution in [1.29, 1.82) is 0 Å². The van der Waals surface area contributed by atoms with Gasteiger partial charge in [0.05, 0.1) is 16.5 Å². The van der Waals surface area contributed by atoms with Crippen molar-refractivity contribution in [3.8, 4) is 17.1 Å². The fraction of sp³-hybridized carbons (Fsp3) is 0.154. The smallest absolute Gasteiger partial charge is 0.250 e. The molecule has 1 aromatic heterocycles. The molecule has 9 heteroatoms. The molecule has 0 saturated carbocycles. The number of rotatable bonds is 7. The minimum absolute atomic E-state index is 0.114. The second-order valence-electron chi connectivity index (χ2n) is 7.99. The van der Waals surface area contributed by atoms with Crippen molar-refractivity contribution in [2.75, 3.05) is 5.75 Å². The van der Waals surface area contributed by atoms with Gasteiger partial charge in [0, 0.05) is 21.8 Å². The molecule has 0 saturated heterocycles. The molecule has 4 rings (SSSR count). The van der Waals surface area contributed by atoms with E-state index in [-0.39, 0.29) is 11.7 Å². The fourth-order valence-electron chi connectivity index (χ4n) is 3.33. The molecule has 1 N–H and O–H groups in total. The Hall–Kier alpha value is -3.13. The van der Waals surface area contributed by atoms with E-state index >= 15 is 0 Å². The van der Waals surface area contributed by atoms with Crippen LogP contribution in [0.25, 0.3) is 17.1 Å². The highest BCUT2D eigenvalue weighted by molar-refractivity contribution is 7.99. The lowest BCUT2D eigenvalue weighted by Gasteiger charge is -2.11. The summed E-state index contributed by atoms with van der Waals surface area (Å²) < 4.78 is 1.96. The lowest BCUT2D eigenvalue weighted by Crippen LogP contribution is -2.21. The van der Waals surface area contributed by atoms with E-state index < -0.39 is 0 Å². The van der Waals surface area contributed by atoms with Gasteiger partial charge in [0.15, 0.2) is 11.0 Å². The van der Waals surface area contributed by atoms with Crippen molar-refractivity contribution < 1.29 is 4.79 Å². The van der Waals surface area contributed by atoms with E-state index in [1.165, 1.54) is 11.8 Å². The van der Waals surface area contributed by atoms with Crippen LogP contribution >= 0.6 is 35.0 Å². The van der Waals surface area contributed by atoms with Crippen molar-refractivity contribution in [2.24, 2.45) is 5.10 Å². The summed E-state index contributed by atoms with van der Waals surface area (Å²) in [6.07, 6.45) is 0. The van der Waals surface area contributed by atoms with E-state index in [0.29, 0.717) is 32.3 Å². The van der Waals surface area contributed by atoms with Crippen molar-refractivity contribution >= 4 is 46.6 Å². The molecule has 0 spiro atoms.